The summed E-state index contributed by atoms with van der Waals surface area (Å²) in [5.41, 5.74) is 2.59. The van der Waals surface area contributed by atoms with Crippen molar-refractivity contribution in [3.8, 4) is 0 Å². The maximum atomic E-state index is 4.91. The third-order valence-corrected chi connectivity index (χ3v) is 5.14. The molecule has 30 heavy (non-hydrogen) atoms. The molecule has 0 unspecified atom stereocenters. The molecule has 164 valence electrons. The van der Waals surface area contributed by atoms with E-state index in [2.05, 4.69) is 75.1 Å². The summed E-state index contributed by atoms with van der Waals surface area (Å²) in [5.74, 6) is 1.79. The van der Waals surface area contributed by atoms with Gasteiger partial charge in [0.2, 0.25) is 5.95 Å². The highest BCUT2D eigenvalue weighted by atomic mass is 127. The van der Waals surface area contributed by atoms with Gasteiger partial charge < -0.3 is 20.0 Å². The van der Waals surface area contributed by atoms with E-state index in [9.17, 15) is 0 Å². The Labute approximate surface area is 197 Å². The molecule has 0 saturated carbocycles. The molecule has 1 aliphatic heterocycles. The third-order valence-electron chi connectivity index (χ3n) is 5.14. The fourth-order valence-corrected chi connectivity index (χ4v) is 3.41. The Morgan fingerprint density at radius 1 is 1.07 bits per heavy atom. The highest BCUT2D eigenvalue weighted by molar-refractivity contribution is 14.0. The fourth-order valence-electron chi connectivity index (χ4n) is 3.41. The average Bonchev–Trinajstić information content (AvgIpc) is 2.77. The van der Waals surface area contributed by atoms with Crippen LogP contribution < -0.4 is 10.2 Å². The van der Waals surface area contributed by atoms with Gasteiger partial charge in [0.05, 0.1) is 6.54 Å². The highest BCUT2D eigenvalue weighted by Crippen LogP contribution is 2.12. The van der Waals surface area contributed by atoms with Crippen molar-refractivity contribution in [3.63, 3.8) is 0 Å². The van der Waals surface area contributed by atoms with Crippen molar-refractivity contribution in [2.75, 3.05) is 51.2 Å². The predicted octanol–water partition coefficient (Wildman–Crippen LogP) is 2.83. The third kappa shape index (κ3) is 7.09. The maximum Gasteiger partial charge on any atom is 0.225 e. The monoisotopic (exact) mass is 523 g/mol. The second kappa shape index (κ2) is 12.7. The van der Waals surface area contributed by atoms with Gasteiger partial charge in [0.25, 0.3) is 0 Å². The number of guanidine groups is 1. The zero-order valence-corrected chi connectivity index (χ0v) is 20.6. The highest BCUT2D eigenvalue weighted by Gasteiger charge is 2.21. The van der Waals surface area contributed by atoms with Crippen LogP contribution in [0.2, 0.25) is 0 Å². The number of aromatic nitrogens is 2. The lowest BCUT2D eigenvalue weighted by molar-refractivity contribution is 0.345. The van der Waals surface area contributed by atoms with E-state index in [0.717, 1.165) is 57.7 Å². The number of benzene rings is 1. The van der Waals surface area contributed by atoms with Crippen LogP contribution in [0.4, 0.5) is 5.95 Å². The number of nitrogens with one attached hydrogen (secondary N) is 1. The minimum atomic E-state index is 0. The van der Waals surface area contributed by atoms with Crippen LogP contribution in [0.25, 0.3) is 0 Å². The summed E-state index contributed by atoms with van der Waals surface area (Å²) in [6.45, 7) is 11.5. The van der Waals surface area contributed by atoms with Gasteiger partial charge >= 0.3 is 0 Å². The molecule has 0 bridgehead atoms. The molecule has 0 radical (unpaired) electrons. The number of aliphatic imine (C=N–C) groups is 1. The first-order valence-corrected chi connectivity index (χ1v) is 10.5. The summed E-state index contributed by atoms with van der Waals surface area (Å²) >= 11 is 0. The van der Waals surface area contributed by atoms with Gasteiger partial charge in [-0.2, -0.15) is 0 Å². The van der Waals surface area contributed by atoms with Gasteiger partial charge in [0.1, 0.15) is 0 Å². The topological polar surface area (TPSA) is 59.9 Å². The van der Waals surface area contributed by atoms with E-state index in [1.807, 2.05) is 6.07 Å². The largest absolute Gasteiger partial charge is 0.357 e. The Morgan fingerprint density at radius 3 is 2.43 bits per heavy atom. The van der Waals surface area contributed by atoms with Crippen molar-refractivity contribution in [1.82, 2.24) is 25.1 Å². The maximum absolute atomic E-state index is 4.91. The average molecular weight is 523 g/mol. The molecule has 1 fully saturated rings. The molecule has 3 rings (SSSR count). The molecule has 0 aliphatic carbocycles. The second-order valence-corrected chi connectivity index (χ2v) is 7.34. The van der Waals surface area contributed by atoms with E-state index in [-0.39, 0.29) is 24.0 Å². The smallest absolute Gasteiger partial charge is 0.225 e. The Morgan fingerprint density at radius 2 is 1.77 bits per heavy atom. The van der Waals surface area contributed by atoms with Gasteiger partial charge in [-0.05, 0) is 37.7 Å². The summed E-state index contributed by atoms with van der Waals surface area (Å²) < 4.78 is 0. The van der Waals surface area contributed by atoms with Crippen LogP contribution in [0.3, 0.4) is 0 Å². The lowest BCUT2D eigenvalue weighted by Gasteiger charge is -2.36. The minimum Gasteiger partial charge on any atom is -0.357 e. The van der Waals surface area contributed by atoms with Crippen LogP contribution in [-0.2, 0) is 13.1 Å². The number of hydrogen-bond donors (Lipinski definition) is 1. The predicted molar refractivity (Wildman–Crippen MR) is 134 cm³/mol. The van der Waals surface area contributed by atoms with Gasteiger partial charge in [0.15, 0.2) is 5.96 Å². The van der Waals surface area contributed by atoms with Crippen LogP contribution in [0, 0.1) is 0 Å². The van der Waals surface area contributed by atoms with Crippen molar-refractivity contribution in [3.05, 3.63) is 53.9 Å². The molecule has 7 nitrogen and oxygen atoms in total. The lowest BCUT2D eigenvalue weighted by Crippen LogP contribution is -2.52. The quantitative estimate of drug-likeness (QED) is 0.342. The fraction of sp³-hybridized carbons (Fsp3) is 0.500. The molecule has 1 aromatic heterocycles. The molecular weight excluding hydrogens is 489 g/mol. The standard InChI is InChI=1S/C22H33N7.HI/c1-4-23-21(26-17-19-8-6-9-20(16-19)18-27(3)5-2)28-12-14-29(15-13-28)22-24-10-7-11-25-22;/h6-11,16H,4-5,12-15,17-18H2,1-3H3,(H,23,26);1H. The van der Waals surface area contributed by atoms with Gasteiger partial charge in [-0.3, -0.25) is 0 Å². The normalized spacial score (nSPS) is 14.6. The van der Waals surface area contributed by atoms with E-state index in [1.54, 1.807) is 12.4 Å². The number of rotatable bonds is 7. The van der Waals surface area contributed by atoms with Crippen LogP contribution in [0.1, 0.15) is 25.0 Å². The second-order valence-electron chi connectivity index (χ2n) is 7.34. The van der Waals surface area contributed by atoms with Gasteiger partial charge in [-0.15, -0.1) is 24.0 Å². The van der Waals surface area contributed by atoms with E-state index < -0.39 is 0 Å². The Bertz CT molecular complexity index is 776. The first kappa shape index (κ1) is 24.3. The first-order valence-electron chi connectivity index (χ1n) is 10.5. The number of halogens is 1. The molecule has 0 amide bonds. The molecule has 1 saturated heterocycles. The SMILES string of the molecule is CCNC(=NCc1cccc(CN(C)CC)c1)N1CCN(c2ncccn2)CC1.I. The zero-order valence-electron chi connectivity index (χ0n) is 18.3. The van der Waals surface area contributed by atoms with Crippen LogP contribution in [0.5, 0.6) is 0 Å². The number of piperazine rings is 1. The Balaban J connectivity index is 0.00000320. The van der Waals surface area contributed by atoms with E-state index in [4.69, 9.17) is 4.99 Å². The molecule has 2 aromatic rings. The van der Waals surface area contributed by atoms with Crippen molar-refractivity contribution < 1.29 is 0 Å². The molecule has 1 aromatic carbocycles. The molecule has 8 heteroatoms. The van der Waals surface area contributed by atoms with Crippen LogP contribution in [0.15, 0.2) is 47.7 Å². The molecule has 0 atom stereocenters. The molecule has 1 aliphatic rings. The summed E-state index contributed by atoms with van der Waals surface area (Å²) in [6.07, 6.45) is 3.60. The van der Waals surface area contributed by atoms with E-state index in [0.29, 0.717) is 6.54 Å². The first-order chi connectivity index (χ1) is 14.2. The summed E-state index contributed by atoms with van der Waals surface area (Å²) in [4.78, 5) is 20.5. The lowest BCUT2D eigenvalue weighted by atomic mass is 10.1. The minimum absolute atomic E-state index is 0. The van der Waals surface area contributed by atoms with Crippen LogP contribution in [-0.4, -0.2) is 72.0 Å². The molecule has 0 spiro atoms. The van der Waals surface area contributed by atoms with Gasteiger partial charge in [-0.1, -0.05) is 31.2 Å². The summed E-state index contributed by atoms with van der Waals surface area (Å²) in [7, 11) is 2.15. The van der Waals surface area contributed by atoms with Crippen molar-refractivity contribution in [2.45, 2.75) is 26.9 Å². The number of nitrogens with zero attached hydrogens (tertiary/aromatic N) is 6. The van der Waals surface area contributed by atoms with Gasteiger partial charge in [-0.25, -0.2) is 15.0 Å². The number of hydrogen-bond acceptors (Lipinski definition) is 5. The van der Waals surface area contributed by atoms with Crippen molar-refractivity contribution in [2.24, 2.45) is 4.99 Å². The number of anilines is 1. The molecule has 1 N–H and O–H groups in total. The van der Waals surface area contributed by atoms with E-state index >= 15 is 0 Å². The zero-order chi connectivity index (χ0) is 20.5. The van der Waals surface area contributed by atoms with E-state index in [1.165, 1.54) is 11.1 Å². The van der Waals surface area contributed by atoms with Crippen molar-refractivity contribution in [1.29, 1.82) is 0 Å². The molecular formula is C22H34IN7. The van der Waals surface area contributed by atoms with Gasteiger partial charge in [0, 0.05) is 51.7 Å². The Hall–Kier alpha value is -1.94. The molecule has 2 heterocycles. The summed E-state index contributed by atoms with van der Waals surface area (Å²) in [5, 5.41) is 3.45. The van der Waals surface area contributed by atoms with Crippen LogP contribution >= 0.6 is 24.0 Å². The Kier molecular flexibility index (Phi) is 10.3. The van der Waals surface area contributed by atoms with Crippen molar-refractivity contribution >= 4 is 35.9 Å². The summed E-state index contributed by atoms with van der Waals surface area (Å²) in [6, 6.07) is 10.6.